The SMILES string of the molecule is CCC(N)C(c1ccc(OC)cc1)N(C)CC(C)O. The number of methoxy groups -OCH3 is 1. The summed E-state index contributed by atoms with van der Waals surface area (Å²) in [5.74, 6) is 0.839. The zero-order chi connectivity index (χ0) is 14.4. The summed E-state index contributed by atoms with van der Waals surface area (Å²) in [6, 6.07) is 8.11. The average Bonchev–Trinajstić information content (AvgIpc) is 2.38. The molecule has 108 valence electrons. The van der Waals surface area contributed by atoms with Crippen LogP contribution in [0.3, 0.4) is 0 Å². The molecule has 0 saturated carbocycles. The molecule has 0 bridgehead atoms. The largest absolute Gasteiger partial charge is 0.497 e. The van der Waals surface area contributed by atoms with Gasteiger partial charge in [-0.25, -0.2) is 0 Å². The number of hydrogen-bond acceptors (Lipinski definition) is 4. The van der Waals surface area contributed by atoms with Gasteiger partial charge in [-0.3, -0.25) is 4.90 Å². The van der Waals surface area contributed by atoms with Crippen molar-refractivity contribution in [2.75, 3.05) is 20.7 Å². The van der Waals surface area contributed by atoms with Crippen LogP contribution in [0.5, 0.6) is 5.75 Å². The molecule has 3 atom stereocenters. The summed E-state index contributed by atoms with van der Waals surface area (Å²) >= 11 is 0. The van der Waals surface area contributed by atoms with Gasteiger partial charge in [0.05, 0.1) is 13.2 Å². The van der Waals surface area contributed by atoms with Crippen molar-refractivity contribution in [1.82, 2.24) is 4.90 Å². The van der Waals surface area contributed by atoms with Crippen LogP contribution in [0.2, 0.25) is 0 Å². The minimum atomic E-state index is -0.366. The Bertz CT molecular complexity index is 365. The first-order valence-corrected chi connectivity index (χ1v) is 6.77. The highest BCUT2D eigenvalue weighted by Gasteiger charge is 2.23. The Kier molecular flexibility index (Phi) is 6.28. The molecule has 3 N–H and O–H groups in total. The van der Waals surface area contributed by atoms with Gasteiger partial charge in [0, 0.05) is 18.6 Å². The van der Waals surface area contributed by atoms with Crippen LogP contribution in [0.25, 0.3) is 0 Å². The number of nitrogens with zero attached hydrogens (tertiary/aromatic N) is 1. The summed E-state index contributed by atoms with van der Waals surface area (Å²) in [6.07, 6.45) is 0.524. The van der Waals surface area contributed by atoms with Crippen LogP contribution in [0.1, 0.15) is 31.9 Å². The van der Waals surface area contributed by atoms with Gasteiger partial charge < -0.3 is 15.6 Å². The van der Waals surface area contributed by atoms with Gasteiger partial charge in [0.1, 0.15) is 5.75 Å². The summed E-state index contributed by atoms with van der Waals surface area (Å²) in [7, 11) is 3.65. The first-order valence-electron chi connectivity index (χ1n) is 6.77. The van der Waals surface area contributed by atoms with Gasteiger partial charge in [0.25, 0.3) is 0 Å². The third kappa shape index (κ3) is 4.49. The molecule has 1 aromatic carbocycles. The number of aliphatic hydroxyl groups is 1. The van der Waals surface area contributed by atoms with E-state index < -0.39 is 0 Å². The van der Waals surface area contributed by atoms with E-state index in [2.05, 4.69) is 11.8 Å². The van der Waals surface area contributed by atoms with E-state index in [4.69, 9.17) is 10.5 Å². The van der Waals surface area contributed by atoms with Crippen LogP contribution in [0.15, 0.2) is 24.3 Å². The maximum absolute atomic E-state index is 9.55. The van der Waals surface area contributed by atoms with Gasteiger partial charge in [-0.1, -0.05) is 19.1 Å². The zero-order valence-electron chi connectivity index (χ0n) is 12.3. The lowest BCUT2D eigenvalue weighted by Gasteiger charge is -2.33. The molecule has 1 rings (SSSR count). The van der Waals surface area contributed by atoms with Crippen LogP contribution in [0, 0.1) is 0 Å². The van der Waals surface area contributed by atoms with E-state index >= 15 is 0 Å². The Morgan fingerprint density at radius 1 is 1.32 bits per heavy atom. The number of ether oxygens (including phenoxy) is 1. The Hall–Kier alpha value is -1.10. The molecular weight excluding hydrogens is 240 g/mol. The summed E-state index contributed by atoms with van der Waals surface area (Å²) in [5.41, 5.74) is 7.39. The Morgan fingerprint density at radius 2 is 1.89 bits per heavy atom. The lowest BCUT2D eigenvalue weighted by atomic mass is 9.96. The quantitative estimate of drug-likeness (QED) is 0.790. The van der Waals surface area contributed by atoms with Crippen LogP contribution in [-0.4, -0.2) is 42.9 Å². The second kappa shape index (κ2) is 7.48. The predicted octanol–water partition coefficient (Wildman–Crippen LogP) is 1.79. The molecule has 19 heavy (non-hydrogen) atoms. The van der Waals surface area contributed by atoms with Gasteiger partial charge in [-0.15, -0.1) is 0 Å². The van der Waals surface area contributed by atoms with E-state index in [-0.39, 0.29) is 18.2 Å². The van der Waals surface area contributed by atoms with Crippen molar-refractivity contribution < 1.29 is 9.84 Å². The number of benzene rings is 1. The molecule has 0 amide bonds. The normalized spacial score (nSPS) is 16.2. The average molecular weight is 266 g/mol. The Labute approximate surface area is 116 Å². The van der Waals surface area contributed by atoms with Gasteiger partial charge in [-0.2, -0.15) is 0 Å². The predicted molar refractivity (Wildman–Crippen MR) is 78.3 cm³/mol. The number of nitrogens with two attached hydrogens (primary N) is 1. The van der Waals surface area contributed by atoms with E-state index in [9.17, 15) is 5.11 Å². The highest BCUT2D eigenvalue weighted by molar-refractivity contribution is 5.30. The highest BCUT2D eigenvalue weighted by Crippen LogP contribution is 2.25. The van der Waals surface area contributed by atoms with Crippen molar-refractivity contribution in [3.63, 3.8) is 0 Å². The van der Waals surface area contributed by atoms with Gasteiger partial charge in [-0.05, 0) is 38.1 Å². The maximum atomic E-state index is 9.55. The standard InChI is InChI=1S/C15H26N2O2/c1-5-14(16)15(17(3)10-11(2)18)12-6-8-13(19-4)9-7-12/h6-9,11,14-15,18H,5,10,16H2,1-4H3. The number of hydrogen-bond donors (Lipinski definition) is 2. The summed E-state index contributed by atoms with van der Waals surface area (Å²) in [4.78, 5) is 2.11. The summed E-state index contributed by atoms with van der Waals surface area (Å²) in [5, 5.41) is 9.55. The summed E-state index contributed by atoms with van der Waals surface area (Å²) in [6.45, 7) is 4.47. The van der Waals surface area contributed by atoms with Crippen LogP contribution in [-0.2, 0) is 0 Å². The lowest BCUT2D eigenvalue weighted by molar-refractivity contribution is 0.107. The number of likely N-dealkylation sites (N-methyl/N-ethyl adjacent to an activating group) is 1. The van der Waals surface area contributed by atoms with Crippen molar-refractivity contribution in [1.29, 1.82) is 0 Å². The highest BCUT2D eigenvalue weighted by atomic mass is 16.5. The second-order valence-corrected chi connectivity index (χ2v) is 5.08. The number of rotatable bonds is 7. The monoisotopic (exact) mass is 266 g/mol. The van der Waals surface area contributed by atoms with Crippen molar-refractivity contribution in [2.45, 2.75) is 38.5 Å². The fraction of sp³-hybridized carbons (Fsp3) is 0.600. The Morgan fingerprint density at radius 3 is 2.32 bits per heavy atom. The molecule has 0 saturated heterocycles. The molecule has 0 spiro atoms. The number of aliphatic hydroxyl groups excluding tert-OH is 1. The fourth-order valence-electron chi connectivity index (χ4n) is 2.38. The first kappa shape index (κ1) is 16.0. The molecule has 3 unspecified atom stereocenters. The minimum absolute atomic E-state index is 0.0390. The van der Waals surface area contributed by atoms with Gasteiger partial charge >= 0.3 is 0 Å². The van der Waals surface area contributed by atoms with Crippen molar-refractivity contribution in [3.05, 3.63) is 29.8 Å². The summed E-state index contributed by atoms with van der Waals surface area (Å²) < 4.78 is 5.18. The molecule has 4 heteroatoms. The maximum Gasteiger partial charge on any atom is 0.118 e. The van der Waals surface area contributed by atoms with Crippen molar-refractivity contribution in [3.8, 4) is 5.75 Å². The molecule has 0 radical (unpaired) electrons. The molecule has 0 aliphatic heterocycles. The molecule has 0 heterocycles. The molecule has 0 aromatic heterocycles. The van der Waals surface area contributed by atoms with Crippen LogP contribution in [0.4, 0.5) is 0 Å². The van der Waals surface area contributed by atoms with Crippen LogP contribution < -0.4 is 10.5 Å². The smallest absolute Gasteiger partial charge is 0.118 e. The molecule has 0 aliphatic carbocycles. The third-order valence-electron chi connectivity index (χ3n) is 3.36. The van der Waals surface area contributed by atoms with Crippen LogP contribution >= 0.6 is 0 Å². The minimum Gasteiger partial charge on any atom is -0.497 e. The first-order chi connectivity index (χ1) is 8.99. The zero-order valence-corrected chi connectivity index (χ0v) is 12.3. The molecule has 0 aliphatic rings. The van der Waals surface area contributed by atoms with E-state index in [0.29, 0.717) is 6.54 Å². The van der Waals surface area contributed by atoms with E-state index in [1.807, 2.05) is 31.3 Å². The topological polar surface area (TPSA) is 58.7 Å². The van der Waals surface area contributed by atoms with Gasteiger partial charge in [0.15, 0.2) is 0 Å². The second-order valence-electron chi connectivity index (χ2n) is 5.08. The van der Waals surface area contributed by atoms with Gasteiger partial charge in [0.2, 0.25) is 0 Å². The molecule has 1 aromatic rings. The Balaban J connectivity index is 2.94. The molecule has 0 fully saturated rings. The van der Waals surface area contributed by atoms with E-state index in [0.717, 1.165) is 17.7 Å². The van der Waals surface area contributed by atoms with E-state index in [1.54, 1.807) is 14.0 Å². The van der Waals surface area contributed by atoms with E-state index in [1.165, 1.54) is 0 Å². The molecular formula is C15H26N2O2. The fourth-order valence-corrected chi connectivity index (χ4v) is 2.38. The third-order valence-corrected chi connectivity index (χ3v) is 3.36. The lowest BCUT2D eigenvalue weighted by Crippen LogP contribution is -2.41. The molecule has 4 nitrogen and oxygen atoms in total. The van der Waals surface area contributed by atoms with Crippen molar-refractivity contribution in [2.24, 2.45) is 5.73 Å². The van der Waals surface area contributed by atoms with Crippen molar-refractivity contribution >= 4 is 0 Å².